The Labute approximate surface area is 150 Å². The average Bonchev–Trinajstić information content (AvgIpc) is 3.20. The Morgan fingerprint density at radius 2 is 1.92 bits per heavy atom. The average molecular weight is 355 g/mol. The van der Waals surface area contributed by atoms with Crippen LogP contribution in [0.15, 0.2) is 43.0 Å². The van der Waals surface area contributed by atoms with E-state index in [9.17, 15) is 10.2 Å². The first-order chi connectivity index (χ1) is 12.6. The number of hydrogen-bond acceptors (Lipinski definition) is 7. The summed E-state index contributed by atoms with van der Waals surface area (Å²) in [5, 5.41) is 20.9. The van der Waals surface area contributed by atoms with Crippen LogP contribution < -0.4 is 5.73 Å². The van der Waals surface area contributed by atoms with Crippen LogP contribution in [0.1, 0.15) is 18.0 Å². The van der Waals surface area contributed by atoms with Crippen LogP contribution in [0.5, 0.6) is 0 Å². The van der Waals surface area contributed by atoms with Crippen molar-refractivity contribution >= 4 is 17.0 Å². The van der Waals surface area contributed by atoms with Crippen molar-refractivity contribution in [2.45, 2.75) is 31.3 Å². The Morgan fingerprint density at radius 1 is 1.12 bits per heavy atom. The molecule has 0 radical (unpaired) electrons. The molecule has 1 saturated carbocycles. The number of aliphatic hydroxyl groups is 2. The van der Waals surface area contributed by atoms with E-state index in [1.807, 2.05) is 30.3 Å². The molecule has 3 aromatic rings. The third-order valence-corrected chi connectivity index (χ3v) is 4.96. The first-order valence-electron chi connectivity index (χ1n) is 8.56. The van der Waals surface area contributed by atoms with Crippen LogP contribution in [0, 0.1) is 5.92 Å². The standard InChI is InChI=1S/C18H21N5O3/c19-17-14-18(21-9-20-17)23(10-22-14)13-6-12(15(24)16(13)25)8-26-7-11-4-2-1-3-5-11/h1-5,9-10,12-13,15-16,24-25H,6-8H2,(H2,19,20,21)/t12-,13-,15-,16+/m0/s1. The molecule has 26 heavy (non-hydrogen) atoms. The number of nitrogens with zero attached hydrogens (tertiary/aromatic N) is 4. The third-order valence-electron chi connectivity index (χ3n) is 4.96. The van der Waals surface area contributed by atoms with Gasteiger partial charge in [-0.3, -0.25) is 0 Å². The molecule has 4 atom stereocenters. The van der Waals surface area contributed by atoms with Gasteiger partial charge in [0.15, 0.2) is 11.5 Å². The van der Waals surface area contributed by atoms with Crippen molar-refractivity contribution < 1.29 is 14.9 Å². The molecule has 0 bridgehead atoms. The highest BCUT2D eigenvalue weighted by Crippen LogP contribution is 2.37. The highest BCUT2D eigenvalue weighted by atomic mass is 16.5. The number of hydrogen-bond donors (Lipinski definition) is 3. The quantitative estimate of drug-likeness (QED) is 0.622. The molecule has 1 aromatic carbocycles. The summed E-state index contributed by atoms with van der Waals surface area (Å²) in [6, 6.07) is 9.52. The summed E-state index contributed by atoms with van der Waals surface area (Å²) in [6.45, 7) is 0.843. The van der Waals surface area contributed by atoms with Crippen molar-refractivity contribution in [1.82, 2.24) is 19.5 Å². The fourth-order valence-electron chi connectivity index (χ4n) is 3.56. The molecule has 8 heteroatoms. The van der Waals surface area contributed by atoms with Crippen molar-refractivity contribution in [2.24, 2.45) is 5.92 Å². The smallest absolute Gasteiger partial charge is 0.165 e. The molecule has 1 aliphatic carbocycles. The lowest BCUT2D eigenvalue weighted by Crippen LogP contribution is -2.30. The Hall–Kier alpha value is -2.55. The van der Waals surface area contributed by atoms with Crippen LogP contribution in [-0.4, -0.2) is 48.5 Å². The van der Waals surface area contributed by atoms with Gasteiger partial charge in [0.25, 0.3) is 0 Å². The lowest BCUT2D eigenvalue weighted by Gasteiger charge is -2.18. The summed E-state index contributed by atoms with van der Waals surface area (Å²) < 4.78 is 7.52. The fraction of sp³-hybridized carbons (Fsp3) is 0.389. The second-order valence-electron chi connectivity index (χ2n) is 6.63. The van der Waals surface area contributed by atoms with E-state index in [4.69, 9.17) is 10.5 Å². The molecule has 0 spiro atoms. The maximum atomic E-state index is 10.5. The Balaban J connectivity index is 1.46. The predicted molar refractivity (Wildman–Crippen MR) is 95.0 cm³/mol. The van der Waals surface area contributed by atoms with Gasteiger partial charge in [0.1, 0.15) is 17.9 Å². The Morgan fingerprint density at radius 3 is 2.73 bits per heavy atom. The van der Waals surface area contributed by atoms with Crippen LogP contribution in [0.3, 0.4) is 0 Å². The summed E-state index contributed by atoms with van der Waals surface area (Å²) in [7, 11) is 0. The van der Waals surface area contributed by atoms with Crippen LogP contribution >= 0.6 is 0 Å². The van der Waals surface area contributed by atoms with Gasteiger partial charge in [-0.05, 0) is 12.0 Å². The van der Waals surface area contributed by atoms with Gasteiger partial charge < -0.3 is 25.3 Å². The monoisotopic (exact) mass is 355 g/mol. The number of benzene rings is 1. The van der Waals surface area contributed by atoms with Crippen LogP contribution in [0.4, 0.5) is 5.82 Å². The van der Waals surface area contributed by atoms with E-state index in [2.05, 4.69) is 15.0 Å². The predicted octanol–water partition coefficient (Wildman–Crippen LogP) is 0.908. The van der Waals surface area contributed by atoms with E-state index >= 15 is 0 Å². The lowest BCUT2D eigenvalue weighted by atomic mass is 10.1. The molecule has 1 aliphatic rings. The molecule has 0 aliphatic heterocycles. The SMILES string of the molecule is Nc1ncnc2c1ncn2[C@H]1C[C@@H](COCc2ccccc2)[C@H](O)[C@@H]1O. The largest absolute Gasteiger partial charge is 0.390 e. The lowest BCUT2D eigenvalue weighted by molar-refractivity contribution is -0.0178. The maximum absolute atomic E-state index is 10.5. The van der Waals surface area contributed by atoms with E-state index in [1.165, 1.54) is 6.33 Å². The van der Waals surface area contributed by atoms with Gasteiger partial charge in [0.2, 0.25) is 0 Å². The number of nitrogen functional groups attached to an aromatic ring is 1. The molecule has 2 aromatic heterocycles. The zero-order chi connectivity index (χ0) is 18.1. The minimum absolute atomic E-state index is 0.171. The van der Waals surface area contributed by atoms with Crippen molar-refractivity contribution in [3.05, 3.63) is 48.5 Å². The molecule has 1 fully saturated rings. The zero-order valence-corrected chi connectivity index (χ0v) is 14.1. The van der Waals surface area contributed by atoms with Gasteiger partial charge in [-0.2, -0.15) is 0 Å². The van der Waals surface area contributed by atoms with Gasteiger partial charge in [-0.15, -0.1) is 0 Å². The van der Waals surface area contributed by atoms with Crippen molar-refractivity contribution in [3.8, 4) is 0 Å². The van der Waals surface area contributed by atoms with Crippen molar-refractivity contribution in [2.75, 3.05) is 12.3 Å². The molecule has 4 rings (SSSR count). The molecule has 8 nitrogen and oxygen atoms in total. The molecular formula is C18H21N5O3. The number of nitrogens with two attached hydrogens (primary N) is 1. The van der Waals surface area contributed by atoms with Gasteiger partial charge in [0.05, 0.1) is 31.7 Å². The van der Waals surface area contributed by atoms with Crippen LogP contribution in [0.25, 0.3) is 11.2 Å². The van der Waals surface area contributed by atoms with Crippen LogP contribution in [-0.2, 0) is 11.3 Å². The van der Waals surface area contributed by atoms with Gasteiger partial charge in [-0.1, -0.05) is 30.3 Å². The minimum Gasteiger partial charge on any atom is -0.390 e. The first kappa shape index (κ1) is 16.9. The van der Waals surface area contributed by atoms with Gasteiger partial charge >= 0.3 is 0 Å². The van der Waals surface area contributed by atoms with Gasteiger partial charge in [-0.25, -0.2) is 15.0 Å². The Bertz CT molecular complexity index is 885. The number of aliphatic hydroxyl groups excluding tert-OH is 2. The molecular weight excluding hydrogens is 334 g/mol. The number of rotatable bonds is 5. The molecule has 4 N–H and O–H groups in total. The van der Waals surface area contributed by atoms with E-state index in [1.54, 1.807) is 10.9 Å². The normalized spacial score (nSPS) is 25.8. The highest BCUT2D eigenvalue weighted by Gasteiger charge is 2.43. The van der Waals surface area contributed by atoms with E-state index in [-0.39, 0.29) is 12.0 Å². The van der Waals surface area contributed by atoms with Crippen molar-refractivity contribution in [3.63, 3.8) is 0 Å². The first-order valence-corrected chi connectivity index (χ1v) is 8.56. The molecule has 2 heterocycles. The number of fused-ring (bicyclic) bond motifs is 1. The van der Waals surface area contributed by atoms with Crippen LogP contribution in [0.2, 0.25) is 0 Å². The number of aromatic nitrogens is 4. The van der Waals surface area contributed by atoms with Gasteiger partial charge in [0, 0.05) is 5.92 Å². The third kappa shape index (κ3) is 3.03. The summed E-state index contributed by atoms with van der Waals surface area (Å²) >= 11 is 0. The van der Waals surface area contributed by atoms with E-state index in [0.717, 1.165) is 5.56 Å². The maximum Gasteiger partial charge on any atom is 0.165 e. The Kier molecular flexibility index (Phi) is 4.54. The summed E-state index contributed by atoms with van der Waals surface area (Å²) in [5.41, 5.74) is 7.95. The molecule has 0 saturated heterocycles. The number of anilines is 1. The second kappa shape index (κ2) is 6.99. The zero-order valence-electron chi connectivity index (χ0n) is 14.1. The summed E-state index contributed by atoms with van der Waals surface area (Å²) in [4.78, 5) is 12.4. The summed E-state index contributed by atoms with van der Waals surface area (Å²) in [6.07, 6.45) is 1.73. The van der Waals surface area contributed by atoms with E-state index in [0.29, 0.717) is 36.6 Å². The topological polar surface area (TPSA) is 119 Å². The molecule has 0 unspecified atom stereocenters. The minimum atomic E-state index is -0.922. The summed E-state index contributed by atoms with van der Waals surface area (Å²) in [5.74, 6) is 0.125. The van der Waals surface area contributed by atoms with Crippen molar-refractivity contribution in [1.29, 1.82) is 0 Å². The number of ether oxygens (including phenoxy) is 1. The van der Waals surface area contributed by atoms with E-state index < -0.39 is 12.2 Å². The molecule has 136 valence electrons. The fourth-order valence-corrected chi connectivity index (χ4v) is 3.56. The molecule has 0 amide bonds. The highest BCUT2D eigenvalue weighted by molar-refractivity contribution is 5.81. The second-order valence-corrected chi connectivity index (χ2v) is 6.63. The number of imidazole rings is 1.